The molecular weight excluding hydrogens is 1590 g/mol. The van der Waals surface area contributed by atoms with Crippen LogP contribution in [-0.4, -0.2) is 317 Å². The van der Waals surface area contributed by atoms with Crippen LogP contribution in [0.1, 0.15) is 387 Å². The molecule has 14 aliphatic heterocycles. The van der Waals surface area contributed by atoms with Gasteiger partial charge in [-0.3, -0.25) is 19.5 Å². The molecule has 3 saturated carbocycles. The summed E-state index contributed by atoms with van der Waals surface area (Å²) in [6.45, 7) is 90.8. The van der Waals surface area contributed by atoms with Gasteiger partial charge in [-0.1, -0.05) is 67.7 Å². The van der Waals surface area contributed by atoms with Gasteiger partial charge in [-0.25, -0.2) is 0 Å². The second-order valence-electron chi connectivity index (χ2n) is 49.4. The number of nitrogens with one attached hydrogen (secondary N) is 2. The molecule has 1 amide bonds. The van der Waals surface area contributed by atoms with Crippen LogP contribution >= 0.6 is 0 Å². The van der Waals surface area contributed by atoms with Gasteiger partial charge < -0.3 is 72.1 Å². The number of carbonyl (C=O) groups excluding carboxylic acids is 1. The largest absolute Gasteiger partial charge is 0.392 e. The lowest BCUT2D eigenvalue weighted by Crippen LogP contribution is -2.52. The summed E-state index contributed by atoms with van der Waals surface area (Å²) in [5.41, 5.74) is 19.5. The summed E-state index contributed by atoms with van der Waals surface area (Å²) < 4.78 is 0. The molecule has 0 aromatic carbocycles. The van der Waals surface area contributed by atoms with Gasteiger partial charge in [-0.05, 0) is 449 Å². The molecule has 129 heavy (non-hydrogen) atoms. The molecule has 18 nitrogen and oxygen atoms in total. The van der Waals surface area contributed by atoms with Gasteiger partial charge in [0.05, 0.1) is 6.10 Å². The average molecular weight is 1820 g/mol. The van der Waals surface area contributed by atoms with Crippen LogP contribution in [0.2, 0.25) is 0 Å². The summed E-state index contributed by atoms with van der Waals surface area (Å²) in [5.74, 6) is 9.66. The zero-order valence-electron chi connectivity index (χ0n) is 91.2. The molecule has 4 bridgehead atoms. The quantitative estimate of drug-likeness (QED) is 0.0811. The fraction of sp³-hybridized carbons (Fsp3) is 0.991. The van der Waals surface area contributed by atoms with E-state index >= 15 is 0 Å². The van der Waals surface area contributed by atoms with Crippen LogP contribution in [0.15, 0.2) is 0 Å². The monoisotopic (exact) mass is 1810 g/mol. The number of nitrogens with two attached hydrogens (primary N) is 3. The van der Waals surface area contributed by atoms with E-state index < -0.39 is 0 Å². The summed E-state index contributed by atoms with van der Waals surface area (Å²) in [4.78, 5) is 39.6. The Morgan fingerprint density at radius 1 is 0.411 bits per heavy atom. The number of aliphatic hydroxyl groups excluding tert-OH is 1. The first kappa shape index (κ1) is 115. The summed E-state index contributed by atoms with van der Waals surface area (Å²) in [5, 5.41) is 16.0. The number of piperidine rings is 10. The summed E-state index contributed by atoms with van der Waals surface area (Å²) in [6.07, 6.45) is 38.5. The van der Waals surface area contributed by atoms with Gasteiger partial charge >= 0.3 is 0 Å². The van der Waals surface area contributed by atoms with E-state index in [1.165, 1.54) is 239 Å². The van der Waals surface area contributed by atoms with Gasteiger partial charge in [0.1, 0.15) is 0 Å². The normalized spacial score (nSPS) is 32.5. The molecule has 3 aliphatic carbocycles. The number of hydrogen-bond acceptors (Lipinski definition) is 17. The molecular formula is C111H224N16O2. The number of β-amino-alcohol motifs (C(OH)–C–C–N with tert-alkyl or cyclic N) is 1. The van der Waals surface area contributed by atoms with Crippen LogP contribution in [-0.2, 0) is 4.79 Å². The molecule has 18 heteroatoms. The van der Waals surface area contributed by atoms with Gasteiger partial charge in [-0.15, -0.1) is 0 Å². The smallest absolute Gasteiger partial charge is 0.220 e. The maximum absolute atomic E-state index is 11.2. The maximum atomic E-state index is 11.2. The van der Waals surface area contributed by atoms with Crippen molar-refractivity contribution in [3.8, 4) is 0 Å². The highest BCUT2D eigenvalue weighted by molar-refractivity contribution is 5.79. The van der Waals surface area contributed by atoms with Crippen molar-refractivity contribution in [2.75, 3.05) is 138 Å². The second-order valence-corrected chi connectivity index (χ2v) is 49.4. The second kappa shape index (κ2) is 55.1. The Morgan fingerprint density at radius 3 is 1.12 bits per heavy atom. The molecule has 14 heterocycles. The van der Waals surface area contributed by atoms with Crippen LogP contribution in [0, 0.1) is 70.0 Å². The lowest BCUT2D eigenvalue weighted by atomic mass is 9.77. The van der Waals surface area contributed by atoms with E-state index in [1.807, 2.05) is 0 Å². The Bertz CT molecular complexity index is 2870. The summed E-state index contributed by atoms with van der Waals surface area (Å²) in [6, 6.07) is 12.1. The van der Waals surface area contributed by atoms with E-state index in [9.17, 15) is 9.90 Å². The molecule has 14 saturated heterocycles. The van der Waals surface area contributed by atoms with E-state index in [2.05, 4.69) is 272 Å². The topological polar surface area (TPSA) is 175 Å². The van der Waals surface area contributed by atoms with Gasteiger partial charge in [0.25, 0.3) is 0 Å². The zero-order chi connectivity index (χ0) is 95.6. The molecule has 14 atom stereocenters. The van der Waals surface area contributed by atoms with Crippen molar-refractivity contribution in [1.29, 1.82) is 0 Å². The fourth-order valence-electron chi connectivity index (χ4n) is 25.9. The maximum Gasteiger partial charge on any atom is 0.220 e. The highest BCUT2D eigenvalue weighted by Gasteiger charge is 2.54. The molecule has 760 valence electrons. The molecule has 17 fully saturated rings. The first-order valence-electron chi connectivity index (χ1n) is 55.9. The number of likely N-dealkylation sites (tertiary alicyclic amines) is 9. The standard InChI is InChI=1S/C12H23N.C11H20N2O.2C11H24N2.C11H21N.C10H22N2.C10H19N.C9H19NO.2C9H17N.C8H18N2/c1-11(2)13-9-7-12(8-10-13)5-3-4-6-12;1-9(2)13-7-5-11(6-8-13)4-3-10(14)12-11;1-10(2)13-7-5-11(3,6-8-13)9-12-4;1-4-11(12)10-5-7-13(8-6-10)9(2)3;1-8(2)12-10-4-5-11(12)7-9(3)6-10;1-4-10(11)5-7-12(8-6-10)9(2)3;1-8(2)11-9-4-3-5-10(11)7-6-9;1-7(2)10-5-4-8(3)9(11)6-10;2*1-6(2)10-4-8-7(3)9(8)5-10;1-7(2)10-4-3-8(5-9)6-10/h11H,3-10H2,1-2H3;9H,3-8H2,1-2H3,(H,12,14);10,12H,5-9H2,1-4H3;9-11H,4-8,12H2,1-3H3;8-11H,4-7H2,1-3H3;9H,4-8,11H2,1-3H3;8-10H,3-7H2,1-2H3;7-9,11H,4-6H2,1-3H3;2*6-9H,4-5H2,1-3H3;7-8H,3-6,9H2,1-2H3/t;;;;;;;8-,9-;2*7?,8-,9+;/m.......1.../s1. The Hall–Kier alpha value is -1.17. The third kappa shape index (κ3) is 36.1. The highest BCUT2D eigenvalue weighted by Crippen LogP contribution is 2.53. The molecule has 9 N–H and O–H groups in total. The number of hydrogen-bond donors (Lipinski definition) is 6. The molecule has 17 rings (SSSR count). The van der Waals surface area contributed by atoms with E-state index in [0.717, 1.165) is 197 Å². The predicted octanol–water partition coefficient (Wildman–Crippen LogP) is 19.4. The van der Waals surface area contributed by atoms with Gasteiger partial charge in [0, 0.05) is 186 Å². The molecule has 17 aliphatic rings. The van der Waals surface area contributed by atoms with Crippen molar-refractivity contribution in [2.24, 2.45) is 87.2 Å². The fourth-order valence-corrected chi connectivity index (χ4v) is 25.9. The Kier molecular flexibility index (Phi) is 49.1. The third-order valence-corrected chi connectivity index (χ3v) is 36.7. The minimum absolute atomic E-state index is 0.105. The summed E-state index contributed by atoms with van der Waals surface area (Å²) in [7, 11) is 2.06. The van der Waals surface area contributed by atoms with Crippen LogP contribution in [0.4, 0.5) is 0 Å². The van der Waals surface area contributed by atoms with E-state index in [-0.39, 0.29) is 23.1 Å². The molecule has 0 aromatic rings. The van der Waals surface area contributed by atoms with Gasteiger partial charge in [0.2, 0.25) is 5.91 Å². The first-order chi connectivity index (χ1) is 60.8. The number of amides is 1. The minimum atomic E-state index is -0.105. The van der Waals surface area contributed by atoms with Crippen molar-refractivity contribution in [2.45, 2.75) is 501 Å². The SMILES string of the molecule is CC(C)N1C2CCCC1CC2.CC(C)N1CCC(CN)C1.CC(C)N1CCC2(CCC(=O)N2)CC1.CC(C)N1CCC2(CCCC2)CC1.CC(C)N1CC[C@@H](C)[C@H](O)C1.CC1CC2CCC(C1)N2C(C)C.CC1[C@H]2CN(C(C)C)C[C@@H]12.CC1[C@H]2CN(C(C)C)C[C@@H]12.CCC(N)C1CCN(C(C)C)CC1.CCC1(N)CCN(C(C)C)CC1.CNCC1(C)CCN(C(C)C)CC1. The lowest BCUT2D eigenvalue weighted by molar-refractivity contribution is -0.120. The van der Waals surface area contributed by atoms with Crippen LogP contribution in [0.5, 0.6) is 0 Å². The minimum Gasteiger partial charge on any atom is -0.392 e. The first-order valence-corrected chi connectivity index (χ1v) is 55.9. The molecule has 2 spiro atoms. The Labute approximate surface area is 801 Å². The van der Waals surface area contributed by atoms with Gasteiger partial charge in [0.15, 0.2) is 0 Å². The van der Waals surface area contributed by atoms with Crippen molar-refractivity contribution in [1.82, 2.24) is 64.5 Å². The van der Waals surface area contributed by atoms with Crippen molar-refractivity contribution in [3.63, 3.8) is 0 Å². The number of fused-ring (bicyclic) bond motifs is 6. The number of rotatable bonds is 17. The van der Waals surface area contributed by atoms with Crippen LogP contribution in [0.3, 0.4) is 0 Å². The van der Waals surface area contributed by atoms with E-state index in [4.69, 9.17) is 17.2 Å². The molecule has 0 aromatic heterocycles. The molecule has 0 radical (unpaired) electrons. The van der Waals surface area contributed by atoms with Crippen LogP contribution < -0.4 is 27.8 Å². The Balaban J connectivity index is 0.000000195. The Morgan fingerprint density at radius 2 is 0.775 bits per heavy atom. The van der Waals surface area contributed by atoms with Gasteiger partial charge in [-0.2, -0.15) is 0 Å². The van der Waals surface area contributed by atoms with Crippen molar-refractivity contribution in [3.05, 3.63) is 0 Å². The van der Waals surface area contributed by atoms with Crippen molar-refractivity contribution >= 4 is 5.91 Å². The number of carbonyl (C=O) groups is 1. The third-order valence-electron chi connectivity index (χ3n) is 36.7. The predicted molar refractivity (Wildman–Crippen MR) is 558 cm³/mol. The number of nitrogens with zero attached hydrogens (tertiary/aromatic N) is 11. The highest BCUT2D eigenvalue weighted by atomic mass is 16.3. The van der Waals surface area contributed by atoms with E-state index in [1.54, 1.807) is 0 Å². The lowest BCUT2D eigenvalue weighted by Gasteiger charge is -2.41. The summed E-state index contributed by atoms with van der Waals surface area (Å²) >= 11 is 0. The molecule has 8 unspecified atom stereocenters. The number of aliphatic hydroxyl groups is 1. The van der Waals surface area contributed by atoms with Crippen LogP contribution in [0.25, 0.3) is 0 Å². The average Bonchev–Trinajstić information content (AvgIpc) is 1.60. The van der Waals surface area contributed by atoms with E-state index in [0.29, 0.717) is 47.6 Å². The van der Waals surface area contributed by atoms with Crippen molar-refractivity contribution < 1.29 is 9.90 Å². The zero-order valence-corrected chi connectivity index (χ0v) is 91.2.